The van der Waals surface area contributed by atoms with Crippen molar-refractivity contribution in [1.82, 2.24) is 0 Å². The van der Waals surface area contributed by atoms with Crippen LogP contribution in [0.15, 0.2) is 18.2 Å². The van der Waals surface area contributed by atoms with Crippen molar-refractivity contribution >= 4 is 11.6 Å². The van der Waals surface area contributed by atoms with Crippen LogP contribution in [0.1, 0.15) is 17.5 Å². The predicted molar refractivity (Wildman–Crippen MR) is 70.0 cm³/mol. The van der Waals surface area contributed by atoms with Crippen LogP contribution in [-0.2, 0) is 11.2 Å². The molecule has 2 rings (SSSR count). The van der Waals surface area contributed by atoms with Crippen molar-refractivity contribution in [2.24, 2.45) is 5.41 Å². The van der Waals surface area contributed by atoms with Gasteiger partial charge in [-0.05, 0) is 31.4 Å². The number of methoxy groups -OCH3 is 1. The zero-order valence-corrected chi connectivity index (χ0v) is 11.2. The minimum atomic E-state index is 0.0859. The van der Waals surface area contributed by atoms with Crippen LogP contribution >= 0.6 is 11.6 Å². The lowest BCUT2D eigenvalue weighted by Crippen LogP contribution is -2.26. The van der Waals surface area contributed by atoms with Gasteiger partial charge in [-0.2, -0.15) is 0 Å². The van der Waals surface area contributed by atoms with E-state index in [1.54, 1.807) is 7.11 Å². The monoisotopic (exact) mass is 254 g/mol. The van der Waals surface area contributed by atoms with Crippen molar-refractivity contribution in [1.29, 1.82) is 0 Å². The number of benzene rings is 1. The van der Waals surface area contributed by atoms with Crippen LogP contribution in [-0.4, -0.2) is 26.2 Å². The largest absolute Gasteiger partial charge is 0.496 e. The van der Waals surface area contributed by atoms with Gasteiger partial charge >= 0.3 is 0 Å². The van der Waals surface area contributed by atoms with Crippen LogP contribution in [0.3, 0.4) is 0 Å². The summed E-state index contributed by atoms with van der Waals surface area (Å²) in [4.78, 5) is 0. The second-order valence-electron chi connectivity index (χ2n) is 4.93. The highest BCUT2D eigenvalue weighted by Gasteiger charge is 2.35. The Hall–Kier alpha value is -0.730. The standard InChI is InChI=1S/C14H19ClO2/c1-11-3-4-13(16-2)12(7-11)8-14(9-15)5-6-17-10-14/h3-4,7H,5-6,8-10H2,1-2H3. The molecule has 0 aromatic heterocycles. The molecule has 1 aliphatic heterocycles. The molecule has 0 amide bonds. The van der Waals surface area contributed by atoms with Crippen molar-refractivity contribution in [3.05, 3.63) is 29.3 Å². The van der Waals surface area contributed by atoms with Crippen molar-refractivity contribution in [3.8, 4) is 5.75 Å². The summed E-state index contributed by atoms with van der Waals surface area (Å²) in [5, 5.41) is 0. The number of ether oxygens (including phenoxy) is 2. The van der Waals surface area contributed by atoms with Crippen LogP contribution in [0.2, 0.25) is 0 Å². The zero-order chi connectivity index (χ0) is 12.3. The normalized spacial score (nSPS) is 23.9. The lowest BCUT2D eigenvalue weighted by Gasteiger charge is -2.25. The Kier molecular flexibility index (Phi) is 3.95. The number of halogens is 1. The van der Waals surface area contributed by atoms with Crippen LogP contribution in [0, 0.1) is 12.3 Å². The van der Waals surface area contributed by atoms with Crippen molar-refractivity contribution in [3.63, 3.8) is 0 Å². The van der Waals surface area contributed by atoms with Crippen LogP contribution < -0.4 is 4.74 Å². The molecule has 0 radical (unpaired) electrons. The van der Waals surface area contributed by atoms with Gasteiger partial charge in [-0.15, -0.1) is 11.6 Å². The molecule has 1 fully saturated rings. The summed E-state index contributed by atoms with van der Waals surface area (Å²) in [5.74, 6) is 1.59. The lowest BCUT2D eigenvalue weighted by atomic mass is 9.82. The third-order valence-electron chi connectivity index (χ3n) is 3.47. The molecule has 1 heterocycles. The van der Waals surface area contributed by atoms with Gasteiger partial charge in [-0.3, -0.25) is 0 Å². The predicted octanol–water partition coefficient (Wildman–Crippen LogP) is 3.19. The fourth-order valence-corrected chi connectivity index (χ4v) is 2.70. The fourth-order valence-electron chi connectivity index (χ4n) is 2.39. The molecule has 1 unspecified atom stereocenters. The van der Waals surface area contributed by atoms with E-state index in [0.717, 1.165) is 31.8 Å². The first-order valence-electron chi connectivity index (χ1n) is 5.96. The highest BCUT2D eigenvalue weighted by atomic mass is 35.5. The summed E-state index contributed by atoms with van der Waals surface area (Å²) in [6.45, 7) is 3.68. The first-order chi connectivity index (χ1) is 8.19. The molecule has 1 aromatic rings. The molecule has 1 aromatic carbocycles. The van der Waals surface area contributed by atoms with E-state index in [4.69, 9.17) is 21.1 Å². The average molecular weight is 255 g/mol. The summed E-state index contributed by atoms with van der Waals surface area (Å²) >= 11 is 6.13. The average Bonchev–Trinajstić information content (AvgIpc) is 2.79. The van der Waals surface area contributed by atoms with Crippen molar-refractivity contribution < 1.29 is 9.47 Å². The summed E-state index contributed by atoms with van der Waals surface area (Å²) in [6, 6.07) is 6.29. The molecule has 0 bridgehead atoms. The Morgan fingerprint density at radius 3 is 2.88 bits per heavy atom. The molecule has 1 aliphatic rings. The summed E-state index contributed by atoms with van der Waals surface area (Å²) in [7, 11) is 1.71. The Morgan fingerprint density at radius 2 is 2.29 bits per heavy atom. The maximum Gasteiger partial charge on any atom is 0.122 e. The first kappa shape index (κ1) is 12.7. The molecule has 1 saturated heterocycles. The Balaban J connectivity index is 2.24. The minimum absolute atomic E-state index is 0.0859. The van der Waals surface area contributed by atoms with Crippen LogP contribution in [0.25, 0.3) is 0 Å². The number of hydrogen-bond acceptors (Lipinski definition) is 2. The number of hydrogen-bond donors (Lipinski definition) is 0. The van der Waals surface area contributed by atoms with Crippen LogP contribution in [0.4, 0.5) is 0 Å². The van der Waals surface area contributed by atoms with E-state index in [0.29, 0.717) is 5.88 Å². The summed E-state index contributed by atoms with van der Waals surface area (Å²) in [5.41, 5.74) is 2.57. The van der Waals surface area contributed by atoms with Gasteiger partial charge in [0.15, 0.2) is 0 Å². The number of alkyl halides is 1. The molecule has 3 heteroatoms. The van der Waals surface area contributed by atoms with Gasteiger partial charge in [-0.25, -0.2) is 0 Å². The zero-order valence-electron chi connectivity index (χ0n) is 10.5. The summed E-state index contributed by atoms with van der Waals surface area (Å²) in [6.07, 6.45) is 1.97. The van der Waals surface area contributed by atoms with Crippen LogP contribution in [0.5, 0.6) is 5.75 Å². The van der Waals surface area contributed by atoms with Crippen molar-refractivity contribution in [2.45, 2.75) is 19.8 Å². The third-order valence-corrected chi connectivity index (χ3v) is 4.04. The van der Waals surface area contributed by atoms with Gasteiger partial charge in [0.2, 0.25) is 0 Å². The molecule has 17 heavy (non-hydrogen) atoms. The molecule has 0 aliphatic carbocycles. The van der Waals surface area contributed by atoms with E-state index >= 15 is 0 Å². The molecule has 0 N–H and O–H groups in total. The minimum Gasteiger partial charge on any atom is -0.496 e. The third kappa shape index (κ3) is 2.75. The lowest BCUT2D eigenvalue weighted by molar-refractivity contribution is 0.160. The summed E-state index contributed by atoms with van der Waals surface area (Å²) < 4.78 is 10.9. The maximum atomic E-state index is 6.13. The van der Waals surface area contributed by atoms with E-state index in [1.807, 2.05) is 6.07 Å². The molecule has 1 atom stereocenters. The van der Waals surface area contributed by atoms with Gasteiger partial charge in [0.05, 0.1) is 13.7 Å². The highest BCUT2D eigenvalue weighted by molar-refractivity contribution is 6.18. The first-order valence-corrected chi connectivity index (χ1v) is 6.50. The Morgan fingerprint density at radius 1 is 1.47 bits per heavy atom. The fraction of sp³-hybridized carbons (Fsp3) is 0.571. The van der Waals surface area contributed by atoms with Gasteiger partial charge in [0.1, 0.15) is 5.75 Å². The van der Waals surface area contributed by atoms with E-state index < -0.39 is 0 Å². The Bertz CT molecular complexity index is 384. The second-order valence-corrected chi connectivity index (χ2v) is 5.20. The van der Waals surface area contributed by atoms with Gasteiger partial charge < -0.3 is 9.47 Å². The molecule has 0 spiro atoms. The SMILES string of the molecule is COc1ccc(C)cc1CC1(CCl)CCOC1. The number of aryl methyl sites for hydroxylation is 1. The van der Waals surface area contributed by atoms with Gasteiger partial charge in [-0.1, -0.05) is 17.7 Å². The quantitative estimate of drug-likeness (QED) is 0.769. The van der Waals surface area contributed by atoms with E-state index in [9.17, 15) is 0 Å². The smallest absolute Gasteiger partial charge is 0.122 e. The maximum absolute atomic E-state index is 6.13. The molecule has 0 saturated carbocycles. The van der Waals surface area contributed by atoms with E-state index in [-0.39, 0.29) is 5.41 Å². The molecule has 2 nitrogen and oxygen atoms in total. The van der Waals surface area contributed by atoms with Gasteiger partial charge in [0.25, 0.3) is 0 Å². The molecular weight excluding hydrogens is 236 g/mol. The van der Waals surface area contributed by atoms with E-state index in [2.05, 4.69) is 19.1 Å². The highest BCUT2D eigenvalue weighted by Crippen LogP contribution is 2.36. The second kappa shape index (κ2) is 5.28. The Labute approximate surface area is 108 Å². The van der Waals surface area contributed by atoms with Crippen molar-refractivity contribution in [2.75, 3.05) is 26.2 Å². The number of rotatable bonds is 4. The molecule has 94 valence electrons. The van der Waals surface area contributed by atoms with E-state index in [1.165, 1.54) is 11.1 Å². The topological polar surface area (TPSA) is 18.5 Å². The molecular formula is C14H19ClO2. The van der Waals surface area contributed by atoms with Gasteiger partial charge in [0, 0.05) is 17.9 Å².